The quantitative estimate of drug-likeness (QED) is 0.157. The van der Waals surface area contributed by atoms with Crippen LogP contribution in [-0.2, 0) is 0 Å². The van der Waals surface area contributed by atoms with E-state index in [9.17, 15) is 0 Å². The molecule has 0 N–H and O–H groups in total. The van der Waals surface area contributed by atoms with Gasteiger partial charge < -0.3 is 4.42 Å². The van der Waals surface area contributed by atoms with Crippen molar-refractivity contribution in [2.75, 3.05) is 0 Å². The summed E-state index contributed by atoms with van der Waals surface area (Å²) < 4.78 is 6.56. The molecule has 0 aliphatic heterocycles. The molecule has 0 bridgehead atoms. The smallest absolute Gasteiger partial charge is 0.164 e. The standard InChI is InChI=1S/C61H37N3O/c1-3-15-40(16-4-1)59-62-60(41-17-5-2-6-18-41)64-61(63-59)52-34-33-51(47-22-10-11-23-48(47)52)57-43(35-36-56-58(57)53-25-13-14-26-55(53)65-56)39-29-27-38(28-30-39)42-31-32-50-46-21-8-7-19-44(46)45-20-9-12-24-49(45)54(50)37-42/h1-37H. The lowest BCUT2D eigenvalue weighted by Crippen LogP contribution is -2.00. The number of nitrogens with zero attached hydrogens (tertiary/aromatic N) is 3. The summed E-state index contributed by atoms with van der Waals surface area (Å²) in [7, 11) is 0. The number of fused-ring (bicyclic) bond motifs is 10. The fraction of sp³-hybridized carbons (Fsp3) is 0. The number of aromatic nitrogens is 3. The van der Waals surface area contributed by atoms with E-state index in [2.05, 4.69) is 158 Å². The van der Waals surface area contributed by atoms with Gasteiger partial charge in [0.05, 0.1) is 0 Å². The molecule has 13 aromatic rings. The van der Waals surface area contributed by atoms with E-state index >= 15 is 0 Å². The van der Waals surface area contributed by atoms with Gasteiger partial charge in [0, 0.05) is 33.0 Å². The summed E-state index contributed by atoms with van der Waals surface area (Å²) in [5.74, 6) is 1.89. The van der Waals surface area contributed by atoms with Gasteiger partial charge in [-0.25, -0.2) is 15.0 Å². The topological polar surface area (TPSA) is 51.8 Å². The van der Waals surface area contributed by atoms with Crippen LogP contribution in [0, 0.1) is 0 Å². The van der Waals surface area contributed by atoms with E-state index in [1.54, 1.807) is 0 Å². The molecule has 0 saturated carbocycles. The van der Waals surface area contributed by atoms with E-state index in [-0.39, 0.29) is 0 Å². The Morgan fingerprint density at radius 3 is 1.32 bits per heavy atom. The van der Waals surface area contributed by atoms with Crippen molar-refractivity contribution in [2.24, 2.45) is 0 Å². The number of hydrogen-bond acceptors (Lipinski definition) is 4. The lowest BCUT2D eigenvalue weighted by Gasteiger charge is -2.17. The summed E-state index contributed by atoms with van der Waals surface area (Å²) in [4.78, 5) is 15.3. The molecule has 302 valence electrons. The highest BCUT2D eigenvalue weighted by atomic mass is 16.3. The third-order valence-corrected chi connectivity index (χ3v) is 13.0. The molecule has 4 nitrogen and oxygen atoms in total. The van der Waals surface area contributed by atoms with Crippen LogP contribution >= 0.6 is 0 Å². The average Bonchev–Trinajstić information content (AvgIpc) is 3.77. The summed E-state index contributed by atoms with van der Waals surface area (Å²) >= 11 is 0. The normalized spacial score (nSPS) is 11.7. The van der Waals surface area contributed by atoms with Gasteiger partial charge in [-0.15, -0.1) is 0 Å². The highest BCUT2D eigenvalue weighted by molar-refractivity contribution is 6.26. The van der Waals surface area contributed by atoms with Crippen LogP contribution in [-0.4, -0.2) is 15.0 Å². The molecule has 4 heteroatoms. The SMILES string of the molecule is c1ccc(-c2nc(-c3ccccc3)nc(-c3ccc(-c4c(-c5ccc(-c6ccc7c8ccccc8c8ccccc8c7c6)cc5)ccc5oc6ccccc6c45)c4ccccc34)n2)cc1. The van der Waals surface area contributed by atoms with E-state index in [1.807, 2.05) is 66.7 Å². The molecule has 0 aliphatic carbocycles. The predicted molar refractivity (Wildman–Crippen MR) is 270 cm³/mol. The zero-order valence-corrected chi connectivity index (χ0v) is 35.1. The summed E-state index contributed by atoms with van der Waals surface area (Å²) in [5, 5.41) is 12.0. The van der Waals surface area contributed by atoms with Crippen LogP contribution in [0.15, 0.2) is 229 Å². The lowest BCUT2D eigenvalue weighted by atomic mass is 9.86. The zero-order valence-electron chi connectivity index (χ0n) is 35.1. The second-order valence-corrected chi connectivity index (χ2v) is 16.6. The van der Waals surface area contributed by atoms with Gasteiger partial charge in [-0.3, -0.25) is 0 Å². The molecule has 0 fully saturated rings. The first-order chi connectivity index (χ1) is 32.2. The molecule has 0 spiro atoms. The van der Waals surface area contributed by atoms with E-state index in [0.717, 1.165) is 71.7 Å². The highest BCUT2D eigenvalue weighted by Gasteiger charge is 2.22. The van der Waals surface area contributed by atoms with Gasteiger partial charge >= 0.3 is 0 Å². The minimum Gasteiger partial charge on any atom is -0.456 e. The minimum atomic E-state index is 0.623. The van der Waals surface area contributed by atoms with Crippen LogP contribution in [0.1, 0.15) is 0 Å². The van der Waals surface area contributed by atoms with Gasteiger partial charge in [-0.2, -0.15) is 0 Å². The Balaban J connectivity index is 0.987. The largest absolute Gasteiger partial charge is 0.456 e. The van der Waals surface area contributed by atoms with Crippen LogP contribution in [0.3, 0.4) is 0 Å². The molecular weight excluding hydrogens is 791 g/mol. The van der Waals surface area contributed by atoms with Gasteiger partial charge in [0.15, 0.2) is 17.5 Å². The van der Waals surface area contributed by atoms with Crippen molar-refractivity contribution in [1.82, 2.24) is 15.0 Å². The van der Waals surface area contributed by atoms with Crippen molar-refractivity contribution < 1.29 is 4.42 Å². The number of hydrogen-bond donors (Lipinski definition) is 0. The first-order valence-electron chi connectivity index (χ1n) is 22.0. The van der Waals surface area contributed by atoms with Gasteiger partial charge in [0.25, 0.3) is 0 Å². The highest BCUT2D eigenvalue weighted by Crippen LogP contribution is 2.47. The molecule has 0 unspecified atom stereocenters. The number of furan rings is 1. The van der Waals surface area contributed by atoms with E-state index < -0.39 is 0 Å². The fourth-order valence-corrected chi connectivity index (χ4v) is 9.91. The summed E-state index contributed by atoms with van der Waals surface area (Å²) in [6.07, 6.45) is 0. The van der Waals surface area contributed by atoms with Crippen LogP contribution in [0.25, 0.3) is 133 Å². The Morgan fingerprint density at radius 1 is 0.246 bits per heavy atom. The van der Waals surface area contributed by atoms with Crippen LogP contribution in [0.4, 0.5) is 0 Å². The van der Waals surface area contributed by atoms with E-state index in [1.165, 1.54) is 43.4 Å². The molecule has 65 heavy (non-hydrogen) atoms. The number of para-hydroxylation sites is 1. The van der Waals surface area contributed by atoms with Crippen LogP contribution < -0.4 is 0 Å². The Morgan fingerprint density at radius 2 is 0.692 bits per heavy atom. The van der Waals surface area contributed by atoms with Crippen molar-refractivity contribution in [2.45, 2.75) is 0 Å². The van der Waals surface area contributed by atoms with Gasteiger partial charge in [0.1, 0.15) is 11.2 Å². The molecule has 0 saturated heterocycles. The maximum absolute atomic E-state index is 6.56. The molecule has 0 radical (unpaired) electrons. The van der Waals surface area contributed by atoms with Gasteiger partial charge in [-0.1, -0.05) is 200 Å². The molecular formula is C61H37N3O. The fourth-order valence-electron chi connectivity index (χ4n) is 9.91. The Kier molecular flexibility index (Phi) is 8.50. The molecule has 0 amide bonds. The maximum atomic E-state index is 6.56. The van der Waals surface area contributed by atoms with Crippen molar-refractivity contribution >= 4 is 65.0 Å². The summed E-state index contributed by atoms with van der Waals surface area (Å²) in [5.41, 5.74) is 11.4. The zero-order chi connectivity index (χ0) is 42.8. The van der Waals surface area contributed by atoms with Crippen LogP contribution in [0.5, 0.6) is 0 Å². The third kappa shape index (κ3) is 6.11. The number of benzene rings is 11. The monoisotopic (exact) mass is 827 g/mol. The van der Waals surface area contributed by atoms with E-state index in [0.29, 0.717) is 17.5 Å². The lowest BCUT2D eigenvalue weighted by molar-refractivity contribution is 0.669. The molecule has 13 rings (SSSR count). The van der Waals surface area contributed by atoms with Crippen molar-refractivity contribution in [3.05, 3.63) is 224 Å². The van der Waals surface area contributed by atoms with Crippen molar-refractivity contribution in [1.29, 1.82) is 0 Å². The van der Waals surface area contributed by atoms with Crippen LogP contribution in [0.2, 0.25) is 0 Å². The average molecular weight is 828 g/mol. The number of rotatable bonds is 6. The minimum absolute atomic E-state index is 0.623. The molecule has 11 aromatic carbocycles. The summed E-state index contributed by atoms with van der Waals surface area (Å²) in [6, 6.07) is 79.5. The molecule has 2 aromatic heterocycles. The second-order valence-electron chi connectivity index (χ2n) is 16.6. The van der Waals surface area contributed by atoms with Crippen molar-refractivity contribution in [3.8, 4) is 67.5 Å². The molecule has 0 aliphatic rings. The summed E-state index contributed by atoms with van der Waals surface area (Å²) in [6.45, 7) is 0. The van der Waals surface area contributed by atoms with Crippen molar-refractivity contribution in [3.63, 3.8) is 0 Å². The second kappa shape index (κ2) is 15.0. The van der Waals surface area contributed by atoms with Gasteiger partial charge in [-0.05, 0) is 95.2 Å². The van der Waals surface area contributed by atoms with Gasteiger partial charge in [0.2, 0.25) is 0 Å². The third-order valence-electron chi connectivity index (χ3n) is 13.0. The molecule has 2 heterocycles. The first kappa shape index (κ1) is 36.9. The Hall–Kier alpha value is -8.73. The Bertz CT molecular complexity index is 3890. The maximum Gasteiger partial charge on any atom is 0.164 e. The predicted octanol–water partition coefficient (Wildman–Crippen LogP) is 16.4. The molecule has 0 atom stereocenters. The van der Waals surface area contributed by atoms with E-state index in [4.69, 9.17) is 19.4 Å². The Labute approximate surface area is 374 Å². The first-order valence-corrected chi connectivity index (χ1v) is 22.0.